The molecular formula is C13H16N2OS. The summed E-state index contributed by atoms with van der Waals surface area (Å²) in [6, 6.07) is 4.39. The molecule has 1 amide bonds. The van der Waals surface area contributed by atoms with Crippen LogP contribution in [0.4, 0.5) is 0 Å². The molecule has 2 heterocycles. The number of hydrogen-bond donors (Lipinski definition) is 2. The monoisotopic (exact) mass is 248 g/mol. The second-order valence-corrected chi connectivity index (χ2v) is 5.93. The third kappa shape index (κ3) is 1.51. The molecule has 2 aliphatic rings. The van der Waals surface area contributed by atoms with E-state index in [0.29, 0.717) is 6.67 Å². The third-order valence-corrected chi connectivity index (χ3v) is 4.87. The quantitative estimate of drug-likeness (QED) is 0.734. The number of nitrogens with one attached hydrogen (secondary N) is 2. The van der Waals surface area contributed by atoms with Gasteiger partial charge in [0, 0.05) is 10.6 Å². The molecule has 1 spiro atoms. The molecule has 0 aliphatic carbocycles. The van der Waals surface area contributed by atoms with Crippen molar-refractivity contribution < 1.29 is 4.79 Å². The smallest absolute Gasteiger partial charge is 0.246 e. The molecule has 3 nitrogen and oxygen atoms in total. The van der Waals surface area contributed by atoms with E-state index < -0.39 is 5.54 Å². The Morgan fingerprint density at radius 2 is 2.06 bits per heavy atom. The molecule has 1 unspecified atom stereocenters. The first-order valence-electron chi connectivity index (χ1n) is 5.91. The summed E-state index contributed by atoms with van der Waals surface area (Å²) in [6.07, 6.45) is 0.874. The molecule has 2 N–H and O–H groups in total. The lowest BCUT2D eigenvalue weighted by molar-refractivity contribution is -0.124. The van der Waals surface area contributed by atoms with E-state index in [1.807, 2.05) is 11.8 Å². The Morgan fingerprint density at radius 1 is 1.29 bits per heavy atom. The highest BCUT2D eigenvalue weighted by molar-refractivity contribution is 7.99. The molecule has 1 aromatic rings. The summed E-state index contributed by atoms with van der Waals surface area (Å²) in [4.78, 5) is 13.4. The van der Waals surface area contributed by atoms with Gasteiger partial charge in [0.05, 0.1) is 6.67 Å². The number of benzene rings is 1. The maximum atomic E-state index is 12.1. The van der Waals surface area contributed by atoms with Crippen LogP contribution in [0.5, 0.6) is 0 Å². The zero-order valence-corrected chi connectivity index (χ0v) is 10.9. The van der Waals surface area contributed by atoms with Gasteiger partial charge in [-0.15, -0.1) is 11.8 Å². The molecule has 2 aliphatic heterocycles. The fraction of sp³-hybridized carbons (Fsp3) is 0.462. The molecule has 1 atom stereocenters. The van der Waals surface area contributed by atoms with Gasteiger partial charge in [-0.2, -0.15) is 0 Å². The number of carbonyl (C=O) groups excluding carboxylic acids is 1. The average molecular weight is 248 g/mol. The van der Waals surface area contributed by atoms with E-state index in [1.54, 1.807) is 0 Å². The lowest BCUT2D eigenvalue weighted by Crippen LogP contribution is -2.45. The molecule has 1 aromatic carbocycles. The predicted octanol–water partition coefficient (Wildman–Crippen LogP) is 1.67. The molecule has 17 heavy (non-hydrogen) atoms. The van der Waals surface area contributed by atoms with E-state index in [4.69, 9.17) is 0 Å². The van der Waals surface area contributed by atoms with Gasteiger partial charge in [0.2, 0.25) is 5.91 Å². The van der Waals surface area contributed by atoms with Crippen LogP contribution in [0, 0.1) is 13.8 Å². The SMILES string of the molecule is Cc1cc2c(cc1C)C1(CCS2)NCNC1=O. The maximum absolute atomic E-state index is 12.1. The van der Waals surface area contributed by atoms with Crippen LogP contribution in [-0.4, -0.2) is 18.3 Å². The van der Waals surface area contributed by atoms with Crippen molar-refractivity contribution in [2.75, 3.05) is 12.4 Å². The van der Waals surface area contributed by atoms with Crippen molar-refractivity contribution in [2.24, 2.45) is 0 Å². The second kappa shape index (κ2) is 3.75. The van der Waals surface area contributed by atoms with Gasteiger partial charge in [-0.1, -0.05) is 6.07 Å². The van der Waals surface area contributed by atoms with Crippen LogP contribution >= 0.6 is 11.8 Å². The van der Waals surface area contributed by atoms with Gasteiger partial charge in [-0.05, 0) is 43.0 Å². The largest absolute Gasteiger partial charge is 0.342 e. The summed E-state index contributed by atoms with van der Waals surface area (Å²) in [5.74, 6) is 1.12. The minimum atomic E-state index is -0.473. The Bertz CT molecular complexity index is 500. The van der Waals surface area contributed by atoms with Gasteiger partial charge in [0.1, 0.15) is 5.54 Å². The summed E-state index contributed by atoms with van der Waals surface area (Å²) in [6.45, 7) is 4.81. The van der Waals surface area contributed by atoms with E-state index in [9.17, 15) is 4.79 Å². The predicted molar refractivity (Wildman–Crippen MR) is 69.1 cm³/mol. The van der Waals surface area contributed by atoms with Crippen LogP contribution in [0.3, 0.4) is 0 Å². The van der Waals surface area contributed by atoms with Crippen LogP contribution in [0.1, 0.15) is 23.1 Å². The summed E-state index contributed by atoms with van der Waals surface area (Å²) >= 11 is 1.85. The molecule has 0 bridgehead atoms. The Hall–Kier alpha value is -1.00. The molecule has 3 rings (SSSR count). The van der Waals surface area contributed by atoms with Gasteiger partial charge in [0.15, 0.2) is 0 Å². The highest BCUT2D eigenvalue weighted by Crippen LogP contribution is 2.42. The van der Waals surface area contributed by atoms with Gasteiger partial charge in [-0.25, -0.2) is 0 Å². The first kappa shape index (κ1) is 11.1. The van der Waals surface area contributed by atoms with Crippen molar-refractivity contribution >= 4 is 17.7 Å². The lowest BCUT2D eigenvalue weighted by Gasteiger charge is -2.33. The molecule has 1 saturated heterocycles. The van der Waals surface area contributed by atoms with Crippen LogP contribution in [-0.2, 0) is 10.3 Å². The molecule has 0 saturated carbocycles. The van der Waals surface area contributed by atoms with Gasteiger partial charge in [-0.3, -0.25) is 10.1 Å². The third-order valence-electron chi connectivity index (χ3n) is 3.82. The average Bonchev–Trinajstić information content (AvgIpc) is 2.65. The molecule has 4 heteroatoms. The van der Waals surface area contributed by atoms with E-state index in [1.165, 1.54) is 16.0 Å². The van der Waals surface area contributed by atoms with Gasteiger partial charge >= 0.3 is 0 Å². The minimum absolute atomic E-state index is 0.127. The normalized spacial score (nSPS) is 27.1. The van der Waals surface area contributed by atoms with Gasteiger partial charge in [0.25, 0.3) is 0 Å². The molecule has 1 fully saturated rings. The fourth-order valence-corrected chi connectivity index (χ4v) is 3.89. The van der Waals surface area contributed by atoms with Crippen molar-refractivity contribution in [1.29, 1.82) is 0 Å². The van der Waals surface area contributed by atoms with Crippen molar-refractivity contribution in [3.63, 3.8) is 0 Å². The first-order chi connectivity index (χ1) is 8.13. The molecule has 0 aromatic heterocycles. The van der Waals surface area contributed by atoms with E-state index >= 15 is 0 Å². The minimum Gasteiger partial charge on any atom is -0.342 e. The summed E-state index contributed by atoms with van der Waals surface area (Å²) < 4.78 is 0. The van der Waals surface area contributed by atoms with Crippen LogP contribution in [0.15, 0.2) is 17.0 Å². The van der Waals surface area contributed by atoms with Crippen molar-refractivity contribution in [2.45, 2.75) is 30.7 Å². The van der Waals surface area contributed by atoms with Crippen molar-refractivity contribution in [3.05, 3.63) is 28.8 Å². The number of fused-ring (bicyclic) bond motifs is 2. The number of thioether (sulfide) groups is 1. The topological polar surface area (TPSA) is 41.1 Å². The lowest BCUT2D eigenvalue weighted by atomic mass is 9.85. The van der Waals surface area contributed by atoms with E-state index in [2.05, 4.69) is 36.6 Å². The Balaban J connectivity index is 2.20. The van der Waals surface area contributed by atoms with E-state index in [-0.39, 0.29) is 5.91 Å². The summed E-state index contributed by atoms with van der Waals surface area (Å²) in [5, 5.41) is 6.25. The second-order valence-electron chi connectivity index (χ2n) is 4.80. The van der Waals surface area contributed by atoms with Crippen LogP contribution < -0.4 is 10.6 Å². The molecule has 90 valence electrons. The zero-order chi connectivity index (χ0) is 12.0. The fourth-order valence-electron chi connectivity index (χ4n) is 2.62. The standard InChI is InChI=1S/C13H16N2OS/c1-8-5-10-11(6-9(8)2)17-4-3-13(10)12(16)14-7-15-13/h5-6,15H,3-4,7H2,1-2H3,(H,14,16). The zero-order valence-electron chi connectivity index (χ0n) is 10.1. The van der Waals surface area contributed by atoms with Crippen LogP contribution in [0.25, 0.3) is 0 Å². The maximum Gasteiger partial charge on any atom is 0.246 e. The van der Waals surface area contributed by atoms with Gasteiger partial charge < -0.3 is 5.32 Å². The number of carbonyl (C=O) groups is 1. The number of rotatable bonds is 0. The Kier molecular flexibility index (Phi) is 2.45. The Labute approximate surface area is 105 Å². The highest BCUT2D eigenvalue weighted by Gasteiger charge is 2.46. The van der Waals surface area contributed by atoms with Crippen LogP contribution in [0.2, 0.25) is 0 Å². The Morgan fingerprint density at radius 3 is 2.76 bits per heavy atom. The first-order valence-corrected chi connectivity index (χ1v) is 6.90. The van der Waals surface area contributed by atoms with Crippen molar-refractivity contribution in [3.8, 4) is 0 Å². The van der Waals surface area contributed by atoms with E-state index in [0.717, 1.165) is 17.7 Å². The van der Waals surface area contributed by atoms with Crippen molar-refractivity contribution in [1.82, 2.24) is 10.6 Å². The summed E-state index contributed by atoms with van der Waals surface area (Å²) in [5.41, 5.74) is 3.24. The number of aryl methyl sites for hydroxylation is 2. The molecule has 0 radical (unpaired) electrons. The number of amides is 1. The molecular weight excluding hydrogens is 232 g/mol. The highest BCUT2D eigenvalue weighted by atomic mass is 32.2. The number of hydrogen-bond acceptors (Lipinski definition) is 3. The summed E-state index contributed by atoms with van der Waals surface area (Å²) in [7, 11) is 0.